The van der Waals surface area contributed by atoms with Gasteiger partial charge in [0, 0.05) is 38.4 Å². The summed E-state index contributed by atoms with van der Waals surface area (Å²) in [6.45, 7) is 4.24. The predicted molar refractivity (Wildman–Crippen MR) is 109 cm³/mol. The van der Waals surface area contributed by atoms with E-state index in [0.717, 1.165) is 41.7 Å². The van der Waals surface area contributed by atoms with E-state index in [1.807, 2.05) is 55.8 Å². The second-order valence-corrected chi connectivity index (χ2v) is 6.27. The Labute approximate surface area is 160 Å². The smallest absolute Gasteiger partial charge is 0.194 e. The SMILES string of the molecule is CCNC(=NCCc1ccccn1)N(C)Cc1ncc(-c2ccccc2)[nH]1. The third kappa shape index (κ3) is 5.41. The van der Waals surface area contributed by atoms with E-state index in [1.165, 1.54) is 0 Å². The number of guanidine groups is 1. The molecule has 140 valence electrons. The molecule has 0 aliphatic rings. The van der Waals surface area contributed by atoms with Gasteiger partial charge in [0.2, 0.25) is 0 Å². The fourth-order valence-electron chi connectivity index (χ4n) is 2.80. The summed E-state index contributed by atoms with van der Waals surface area (Å²) in [5, 5.41) is 3.34. The molecule has 27 heavy (non-hydrogen) atoms. The van der Waals surface area contributed by atoms with E-state index in [2.05, 4.69) is 44.2 Å². The number of rotatable bonds is 7. The molecule has 6 heteroatoms. The first-order chi connectivity index (χ1) is 13.3. The predicted octanol–water partition coefficient (Wildman–Crippen LogP) is 3.11. The van der Waals surface area contributed by atoms with Gasteiger partial charge in [0.25, 0.3) is 0 Å². The van der Waals surface area contributed by atoms with E-state index in [9.17, 15) is 0 Å². The van der Waals surface area contributed by atoms with Gasteiger partial charge in [-0.05, 0) is 24.6 Å². The van der Waals surface area contributed by atoms with Crippen LogP contribution in [0.15, 0.2) is 65.9 Å². The lowest BCUT2D eigenvalue weighted by Gasteiger charge is -2.21. The molecule has 2 heterocycles. The van der Waals surface area contributed by atoms with Crippen LogP contribution in [-0.4, -0.2) is 45.9 Å². The van der Waals surface area contributed by atoms with Gasteiger partial charge in [0.1, 0.15) is 5.82 Å². The summed E-state index contributed by atoms with van der Waals surface area (Å²) in [6.07, 6.45) is 4.52. The number of nitrogens with one attached hydrogen (secondary N) is 2. The van der Waals surface area contributed by atoms with E-state index in [4.69, 9.17) is 4.99 Å². The van der Waals surface area contributed by atoms with Crippen molar-refractivity contribution in [3.63, 3.8) is 0 Å². The minimum Gasteiger partial charge on any atom is -0.357 e. The standard InChI is InChI=1S/C21H26N6/c1-3-22-21(24-14-12-18-11-7-8-13-23-18)27(2)16-20-25-15-19(26-20)17-9-5-4-6-10-17/h4-11,13,15H,3,12,14,16H2,1-2H3,(H,22,24)(H,25,26). The van der Waals surface area contributed by atoms with Crippen molar-refractivity contribution >= 4 is 5.96 Å². The Morgan fingerprint density at radius 2 is 1.93 bits per heavy atom. The zero-order chi connectivity index (χ0) is 18.9. The molecule has 0 aliphatic carbocycles. The average molecular weight is 362 g/mol. The summed E-state index contributed by atoms with van der Waals surface area (Å²) in [5.74, 6) is 1.78. The summed E-state index contributed by atoms with van der Waals surface area (Å²) in [7, 11) is 2.02. The van der Waals surface area contributed by atoms with Crippen LogP contribution in [0.2, 0.25) is 0 Å². The molecule has 2 aromatic heterocycles. The summed E-state index contributed by atoms with van der Waals surface area (Å²) >= 11 is 0. The molecule has 0 amide bonds. The van der Waals surface area contributed by atoms with Gasteiger partial charge < -0.3 is 15.2 Å². The van der Waals surface area contributed by atoms with Crippen LogP contribution in [0.3, 0.4) is 0 Å². The Kier molecular flexibility index (Phi) is 6.57. The summed E-state index contributed by atoms with van der Waals surface area (Å²) in [6, 6.07) is 16.2. The molecule has 6 nitrogen and oxygen atoms in total. The number of aliphatic imine (C=N–C) groups is 1. The van der Waals surface area contributed by atoms with Gasteiger partial charge in [-0.2, -0.15) is 0 Å². The van der Waals surface area contributed by atoms with Crippen LogP contribution in [-0.2, 0) is 13.0 Å². The van der Waals surface area contributed by atoms with Crippen LogP contribution < -0.4 is 5.32 Å². The highest BCUT2D eigenvalue weighted by Gasteiger charge is 2.10. The minimum absolute atomic E-state index is 0.655. The second kappa shape index (κ2) is 9.52. The monoisotopic (exact) mass is 362 g/mol. The van der Waals surface area contributed by atoms with Crippen LogP contribution >= 0.6 is 0 Å². The lowest BCUT2D eigenvalue weighted by molar-refractivity contribution is 0.464. The number of hydrogen-bond acceptors (Lipinski definition) is 3. The number of aromatic nitrogens is 3. The van der Waals surface area contributed by atoms with Crippen molar-refractivity contribution in [1.82, 2.24) is 25.2 Å². The molecule has 3 aromatic rings. The van der Waals surface area contributed by atoms with Crippen molar-refractivity contribution in [3.05, 3.63) is 72.4 Å². The number of hydrogen-bond donors (Lipinski definition) is 2. The molecule has 0 saturated heterocycles. The second-order valence-electron chi connectivity index (χ2n) is 6.27. The van der Waals surface area contributed by atoms with Crippen molar-refractivity contribution in [3.8, 4) is 11.3 Å². The Morgan fingerprint density at radius 3 is 2.67 bits per heavy atom. The van der Waals surface area contributed by atoms with Gasteiger partial charge in [-0.3, -0.25) is 9.98 Å². The van der Waals surface area contributed by atoms with Crippen LogP contribution in [0, 0.1) is 0 Å². The van der Waals surface area contributed by atoms with Gasteiger partial charge in [-0.15, -0.1) is 0 Å². The third-order valence-electron chi connectivity index (χ3n) is 4.15. The van der Waals surface area contributed by atoms with Crippen LogP contribution in [0.1, 0.15) is 18.4 Å². The molecule has 0 bridgehead atoms. The number of H-pyrrole nitrogens is 1. The van der Waals surface area contributed by atoms with Crippen molar-refractivity contribution < 1.29 is 0 Å². The summed E-state index contributed by atoms with van der Waals surface area (Å²) < 4.78 is 0. The molecular weight excluding hydrogens is 336 g/mol. The van der Waals surface area contributed by atoms with Gasteiger partial charge in [-0.25, -0.2) is 4.98 Å². The molecule has 1 aromatic carbocycles. The normalized spacial score (nSPS) is 11.4. The first-order valence-electron chi connectivity index (χ1n) is 9.25. The lowest BCUT2D eigenvalue weighted by Crippen LogP contribution is -2.38. The van der Waals surface area contributed by atoms with Crippen molar-refractivity contribution in [2.75, 3.05) is 20.1 Å². The quantitative estimate of drug-likeness (QED) is 0.500. The highest BCUT2D eigenvalue weighted by molar-refractivity contribution is 5.79. The number of nitrogens with zero attached hydrogens (tertiary/aromatic N) is 4. The lowest BCUT2D eigenvalue weighted by atomic mass is 10.2. The van der Waals surface area contributed by atoms with E-state index < -0.39 is 0 Å². The molecule has 0 radical (unpaired) electrons. The Bertz CT molecular complexity index is 841. The van der Waals surface area contributed by atoms with E-state index in [0.29, 0.717) is 13.1 Å². The molecule has 0 spiro atoms. The molecule has 0 atom stereocenters. The molecule has 0 aliphatic heterocycles. The molecule has 2 N–H and O–H groups in total. The van der Waals surface area contributed by atoms with Crippen LogP contribution in [0.4, 0.5) is 0 Å². The van der Waals surface area contributed by atoms with Gasteiger partial charge in [0.05, 0.1) is 18.4 Å². The zero-order valence-electron chi connectivity index (χ0n) is 15.9. The maximum atomic E-state index is 4.72. The fourth-order valence-corrected chi connectivity index (χ4v) is 2.80. The van der Waals surface area contributed by atoms with Crippen LogP contribution in [0.5, 0.6) is 0 Å². The number of imidazole rings is 1. The topological polar surface area (TPSA) is 69.2 Å². The Morgan fingerprint density at radius 1 is 1.11 bits per heavy atom. The molecule has 0 fully saturated rings. The highest BCUT2D eigenvalue weighted by Crippen LogP contribution is 2.16. The zero-order valence-corrected chi connectivity index (χ0v) is 15.9. The number of benzene rings is 1. The molecule has 3 rings (SSSR count). The Hall–Kier alpha value is -3.15. The minimum atomic E-state index is 0.655. The summed E-state index contributed by atoms with van der Waals surface area (Å²) in [4.78, 5) is 19.1. The first kappa shape index (κ1) is 18.6. The van der Waals surface area contributed by atoms with Crippen LogP contribution in [0.25, 0.3) is 11.3 Å². The van der Waals surface area contributed by atoms with Crippen molar-refractivity contribution in [2.45, 2.75) is 19.9 Å². The fraction of sp³-hybridized carbons (Fsp3) is 0.286. The summed E-state index contributed by atoms with van der Waals surface area (Å²) in [5.41, 5.74) is 3.21. The van der Waals surface area contributed by atoms with E-state index >= 15 is 0 Å². The van der Waals surface area contributed by atoms with Gasteiger partial charge in [-0.1, -0.05) is 36.4 Å². The molecule has 0 unspecified atom stereocenters. The van der Waals surface area contributed by atoms with E-state index in [-0.39, 0.29) is 0 Å². The van der Waals surface area contributed by atoms with E-state index in [1.54, 1.807) is 0 Å². The van der Waals surface area contributed by atoms with Gasteiger partial charge in [0.15, 0.2) is 5.96 Å². The maximum absolute atomic E-state index is 4.72. The maximum Gasteiger partial charge on any atom is 0.194 e. The number of aromatic amines is 1. The van der Waals surface area contributed by atoms with Gasteiger partial charge >= 0.3 is 0 Å². The average Bonchev–Trinajstić information content (AvgIpc) is 3.17. The Balaban J connectivity index is 1.62. The highest BCUT2D eigenvalue weighted by atomic mass is 15.3. The number of pyridine rings is 1. The largest absolute Gasteiger partial charge is 0.357 e. The first-order valence-corrected chi connectivity index (χ1v) is 9.25. The molecule has 0 saturated carbocycles. The third-order valence-corrected chi connectivity index (χ3v) is 4.15. The molecular formula is C21H26N6. The van der Waals surface area contributed by atoms with Crippen molar-refractivity contribution in [1.29, 1.82) is 0 Å². The van der Waals surface area contributed by atoms with Crippen molar-refractivity contribution in [2.24, 2.45) is 4.99 Å².